The van der Waals surface area contributed by atoms with E-state index in [0.717, 1.165) is 15.5 Å². The number of thioether (sulfide) groups is 1. The van der Waals surface area contributed by atoms with Crippen LogP contribution >= 0.6 is 11.8 Å². The van der Waals surface area contributed by atoms with Crippen molar-refractivity contribution in [3.8, 4) is 6.07 Å². The van der Waals surface area contributed by atoms with Crippen LogP contribution in [0.15, 0.2) is 58.5 Å². The predicted molar refractivity (Wildman–Crippen MR) is 104 cm³/mol. The van der Waals surface area contributed by atoms with E-state index in [9.17, 15) is 19.7 Å². The summed E-state index contributed by atoms with van der Waals surface area (Å²) < 4.78 is 1.09. The van der Waals surface area contributed by atoms with Crippen molar-refractivity contribution < 1.29 is 9.72 Å². The van der Waals surface area contributed by atoms with Crippen LogP contribution in [0.25, 0.3) is 10.9 Å². The minimum Gasteiger partial charge on any atom is -0.324 e. The van der Waals surface area contributed by atoms with Gasteiger partial charge in [0.15, 0.2) is 0 Å². The summed E-state index contributed by atoms with van der Waals surface area (Å²) in [5, 5.41) is 22.4. The molecule has 0 bridgehead atoms. The van der Waals surface area contributed by atoms with Crippen molar-refractivity contribution in [3.05, 3.63) is 69.3 Å². The maximum atomic E-state index is 12.6. The van der Waals surface area contributed by atoms with E-state index in [1.807, 2.05) is 6.07 Å². The Morgan fingerprint density at radius 2 is 2.11 bits per heavy atom. The number of hydrogen-bond donors (Lipinski definition) is 1. The number of carbonyl (C=O) groups excluding carboxylic acids is 1. The highest BCUT2D eigenvalue weighted by Gasteiger charge is 2.13. The molecule has 0 fully saturated rings. The van der Waals surface area contributed by atoms with E-state index in [2.05, 4.69) is 10.3 Å². The molecule has 0 unspecified atom stereocenters. The van der Waals surface area contributed by atoms with Gasteiger partial charge >= 0.3 is 0 Å². The monoisotopic (exact) mass is 395 g/mol. The molecule has 28 heavy (non-hydrogen) atoms. The summed E-state index contributed by atoms with van der Waals surface area (Å²) in [5.74, 6) is -0.224. The van der Waals surface area contributed by atoms with Crippen LogP contribution in [0.5, 0.6) is 0 Å². The van der Waals surface area contributed by atoms with Crippen LogP contribution in [0, 0.1) is 21.4 Å². The molecule has 1 aromatic heterocycles. The van der Waals surface area contributed by atoms with Gasteiger partial charge in [-0.15, -0.1) is 11.8 Å². The van der Waals surface area contributed by atoms with E-state index in [4.69, 9.17) is 5.26 Å². The van der Waals surface area contributed by atoms with Crippen LogP contribution in [-0.2, 0) is 11.3 Å². The van der Waals surface area contributed by atoms with Gasteiger partial charge in [0.1, 0.15) is 6.54 Å². The number of rotatable bonds is 6. The maximum absolute atomic E-state index is 12.6. The molecule has 0 aliphatic heterocycles. The molecular weight excluding hydrogens is 382 g/mol. The number of anilines is 1. The molecule has 3 rings (SSSR count). The zero-order valence-electron chi connectivity index (χ0n) is 14.4. The number of nitriles is 1. The van der Waals surface area contributed by atoms with Crippen molar-refractivity contribution in [3.63, 3.8) is 0 Å². The standard InChI is InChI=1S/C18H13N5O4S/c19-7-8-28-16-4-2-1-3-15(16)21-17(24)10-22-11-20-14-6-5-12(23(26)27)9-13(14)18(22)25/h1-6,9,11H,8,10H2,(H,21,24). The summed E-state index contributed by atoms with van der Waals surface area (Å²) in [6.07, 6.45) is 1.23. The van der Waals surface area contributed by atoms with Gasteiger partial charge in [0.2, 0.25) is 5.91 Å². The van der Waals surface area contributed by atoms with E-state index in [-0.39, 0.29) is 23.4 Å². The minimum atomic E-state index is -0.598. The van der Waals surface area contributed by atoms with Gasteiger partial charge in [-0.3, -0.25) is 24.3 Å². The van der Waals surface area contributed by atoms with Gasteiger partial charge in [0.05, 0.1) is 39.7 Å². The third kappa shape index (κ3) is 4.16. The van der Waals surface area contributed by atoms with Gasteiger partial charge < -0.3 is 5.32 Å². The van der Waals surface area contributed by atoms with Crippen LogP contribution in [0.4, 0.5) is 11.4 Å². The predicted octanol–water partition coefficient (Wildman–Crippen LogP) is 2.56. The maximum Gasteiger partial charge on any atom is 0.270 e. The number of fused-ring (bicyclic) bond motifs is 1. The van der Waals surface area contributed by atoms with Gasteiger partial charge in [0.25, 0.3) is 11.2 Å². The Labute approximate surface area is 162 Å². The molecule has 0 aliphatic rings. The van der Waals surface area contributed by atoms with Gasteiger partial charge in [0, 0.05) is 17.0 Å². The van der Waals surface area contributed by atoms with Crippen molar-refractivity contribution in [1.82, 2.24) is 9.55 Å². The molecule has 9 nitrogen and oxygen atoms in total. The Morgan fingerprint density at radius 3 is 2.86 bits per heavy atom. The molecule has 2 aromatic carbocycles. The third-order valence-electron chi connectivity index (χ3n) is 3.79. The lowest BCUT2D eigenvalue weighted by atomic mass is 10.2. The summed E-state index contributed by atoms with van der Waals surface area (Å²) in [4.78, 5) is 40.1. The SMILES string of the molecule is N#CCSc1ccccc1NC(=O)Cn1cnc2ccc([N+](=O)[O-])cc2c1=O. The Bertz CT molecular complexity index is 1170. The molecule has 0 spiro atoms. The van der Waals surface area contributed by atoms with Crippen molar-refractivity contribution in [1.29, 1.82) is 5.26 Å². The summed E-state index contributed by atoms with van der Waals surface area (Å²) in [5.41, 5.74) is 0.0729. The number of non-ortho nitro benzene ring substituents is 1. The van der Waals surface area contributed by atoms with Crippen LogP contribution < -0.4 is 10.9 Å². The first kappa shape index (κ1) is 19.1. The highest BCUT2D eigenvalue weighted by atomic mass is 32.2. The molecule has 1 heterocycles. The first-order valence-electron chi connectivity index (χ1n) is 8.02. The first-order chi connectivity index (χ1) is 13.5. The Morgan fingerprint density at radius 1 is 1.32 bits per heavy atom. The van der Waals surface area contributed by atoms with Gasteiger partial charge in [-0.2, -0.15) is 5.26 Å². The van der Waals surface area contributed by atoms with E-state index < -0.39 is 16.4 Å². The minimum absolute atomic E-state index is 0.0643. The molecule has 0 saturated carbocycles. The van der Waals surface area contributed by atoms with Crippen LogP contribution in [0.3, 0.4) is 0 Å². The molecule has 1 N–H and O–H groups in total. The van der Waals surface area contributed by atoms with Crippen molar-refractivity contribution in [2.24, 2.45) is 0 Å². The van der Waals surface area contributed by atoms with Crippen LogP contribution in [0.1, 0.15) is 0 Å². The second-order valence-electron chi connectivity index (χ2n) is 5.63. The van der Waals surface area contributed by atoms with Crippen LogP contribution in [-0.4, -0.2) is 26.1 Å². The molecule has 140 valence electrons. The fraction of sp³-hybridized carbons (Fsp3) is 0.111. The summed E-state index contributed by atoms with van der Waals surface area (Å²) >= 11 is 1.28. The summed E-state index contributed by atoms with van der Waals surface area (Å²) in [6, 6.07) is 12.8. The van der Waals surface area contributed by atoms with Crippen molar-refractivity contribution in [2.45, 2.75) is 11.4 Å². The summed E-state index contributed by atoms with van der Waals surface area (Å²) in [6.45, 7) is -0.304. The number of nitrogens with one attached hydrogen (secondary N) is 1. The van der Waals surface area contributed by atoms with Gasteiger partial charge in [-0.05, 0) is 18.2 Å². The quantitative estimate of drug-likeness (QED) is 0.385. The Hall–Kier alpha value is -3.71. The highest BCUT2D eigenvalue weighted by Crippen LogP contribution is 2.26. The number of nitrogens with zero attached hydrogens (tertiary/aromatic N) is 4. The first-order valence-corrected chi connectivity index (χ1v) is 9.00. The number of amides is 1. The fourth-order valence-corrected chi connectivity index (χ4v) is 3.19. The lowest BCUT2D eigenvalue weighted by Crippen LogP contribution is -2.28. The topological polar surface area (TPSA) is 131 Å². The average Bonchev–Trinajstić information content (AvgIpc) is 2.69. The van der Waals surface area contributed by atoms with Crippen LogP contribution in [0.2, 0.25) is 0 Å². The van der Waals surface area contributed by atoms with Crippen molar-refractivity contribution >= 4 is 39.9 Å². The number of nitro groups is 1. The number of para-hydroxylation sites is 1. The van der Waals surface area contributed by atoms with E-state index in [0.29, 0.717) is 11.2 Å². The fourth-order valence-electron chi connectivity index (χ4n) is 2.52. The molecule has 0 atom stereocenters. The Balaban J connectivity index is 1.84. The van der Waals surface area contributed by atoms with Gasteiger partial charge in [-0.1, -0.05) is 12.1 Å². The molecule has 0 saturated heterocycles. The van der Waals surface area contributed by atoms with E-state index >= 15 is 0 Å². The highest BCUT2D eigenvalue weighted by molar-refractivity contribution is 7.99. The number of benzene rings is 2. The number of carbonyl (C=O) groups is 1. The molecular formula is C18H13N5O4S. The molecule has 1 amide bonds. The zero-order valence-corrected chi connectivity index (χ0v) is 15.2. The normalized spacial score (nSPS) is 10.4. The Kier molecular flexibility index (Phi) is 5.67. The lowest BCUT2D eigenvalue weighted by molar-refractivity contribution is -0.384. The molecule has 10 heteroatoms. The molecule has 3 aromatic rings. The van der Waals surface area contributed by atoms with E-state index in [1.54, 1.807) is 24.3 Å². The second-order valence-corrected chi connectivity index (χ2v) is 6.64. The largest absolute Gasteiger partial charge is 0.324 e. The molecule has 0 aliphatic carbocycles. The molecule has 0 radical (unpaired) electrons. The van der Waals surface area contributed by atoms with Gasteiger partial charge in [-0.25, -0.2) is 4.98 Å². The zero-order chi connectivity index (χ0) is 20.1. The average molecular weight is 395 g/mol. The lowest BCUT2D eigenvalue weighted by Gasteiger charge is -2.11. The number of aromatic nitrogens is 2. The van der Waals surface area contributed by atoms with E-state index in [1.165, 1.54) is 30.2 Å². The van der Waals surface area contributed by atoms with Crippen molar-refractivity contribution in [2.75, 3.05) is 11.1 Å². The number of hydrogen-bond acceptors (Lipinski definition) is 7. The number of nitro benzene ring substituents is 1. The summed E-state index contributed by atoms with van der Waals surface area (Å²) in [7, 11) is 0. The second kappa shape index (κ2) is 8.32. The third-order valence-corrected chi connectivity index (χ3v) is 4.73. The smallest absolute Gasteiger partial charge is 0.270 e.